The average molecular weight is 288 g/mol. The number of hydrogen-bond donors (Lipinski definition) is 1. The predicted octanol–water partition coefficient (Wildman–Crippen LogP) is 1.72. The van der Waals surface area contributed by atoms with E-state index in [4.69, 9.17) is 0 Å². The van der Waals surface area contributed by atoms with Crippen molar-refractivity contribution in [3.63, 3.8) is 0 Å². The monoisotopic (exact) mass is 288 g/mol. The van der Waals surface area contributed by atoms with Crippen molar-refractivity contribution in [2.24, 2.45) is 0 Å². The molecule has 0 aromatic carbocycles. The highest BCUT2D eigenvalue weighted by atomic mass is 32.2. The Labute approximate surface area is 114 Å². The summed E-state index contributed by atoms with van der Waals surface area (Å²) in [5.41, 5.74) is 1.12. The molecule has 1 N–H and O–H groups in total. The molecule has 0 aliphatic rings. The summed E-state index contributed by atoms with van der Waals surface area (Å²) in [7, 11) is -2.90. The molecule has 0 saturated heterocycles. The van der Waals surface area contributed by atoms with Gasteiger partial charge >= 0.3 is 0 Å². The third kappa shape index (κ3) is 6.37. The first-order valence-electron chi connectivity index (χ1n) is 5.86. The summed E-state index contributed by atoms with van der Waals surface area (Å²) in [6.07, 6.45) is 2.99. The van der Waals surface area contributed by atoms with Crippen molar-refractivity contribution in [3.8, 4) is 0 Å². The fraction of sp³-hybridized carbons (Fsp3) is 0.583. The normalized spacial score (nSPS) is 12.0. The second kappa shape index (κ2) is 7.11. The van der Waals surface area contributed by atoms with E-state index in [1.807, 2.05) is 12.1 Å². The van der Waals surface area contributed by atoms with Crippen LogP contribution in [-0.2, 0) is 16.4 Å². The zero-order valence-corrected chi connectivity index (χ0v) is 12.6. The fourth-order valence-corrected chi connectivity index (χ4v) is 3.49. The lowest BCUT2D eigenvalue weighted by Gasteiger charge is -2.11. The molecule has 6 heteroatoms. The summed E-state index contributed by atoms with van der Waals surface area (Å²) in [5, 5.41) is 4.25. The van der Waals surface area contributed by atoms with E-state index in [1.54, 1.807) is 6.20 Å². The zero-order valence-electron chi connectivity index (χ0n) is 11.0. The fourth-order valence-electron chi connectivity index (χ4n) is 1.29. The van der Waals surface area contributed by atoms with Crippen LogP contribution >= 0.6 is 11.8 Å². The smallest absolute Gasteiger partial charge is 0.148 e. The molecule has 1 aromatic rings. The van der Waals surface area contributed by atoms with Gasteiger partial charge in [0.15, 0.2) is 0 Å². The van der Waals surface area contributed by atoms with Crippen molar-refractivity contribution in [1.82, 2.24) is 10.3 Å². The molecule has 0 radical (unpaired) electrons. The SMILES string of the molecule is CC(C)NCc1cccnc1SCCS(C)(=O)=O. The minimum Gasteiger partial charge on any atom is -0.310 e. The van der Waals surface area contributed by atoms with Crippen LogP contribution in [0.15, 0.2) is 23.4 Å². The quantitative estimate of drug-likeness (QED) is 0.774. The molecule has 0 bridgehead atoms. The second-order valence-electron chi connectivity index (χ2n) is 4.48. The predicted molar refractivity (Wildman–Crippen MR) is 76.6 cm³/mol. The van der Waals surface area contributed by atoms with Gasteiger partial charge in [-0.3, -0.25) is 0 Å². The van der Waals surface area contributed by atoms with Gasteiger partial charge < -0.3 is 5.32 Å². The molecular weight excluding hydrogens is 268 g/mol. The molecule has 4 nitrogen and oxygen atoms in total. The first-order chi connectivity index (χ1) is 8.38. The molecule has 102 valence electrons. The van der Waals surface area contributed by atoms with Crippen LogP contribution in [0.4, 0.5) is 0 Å². The van der Waals surface area contributed by atoms with Gasteiger partial charge in [-0.15, -0.1) is 11.8 Å². The Morgan fingerprint density at radius 1 is 1.44 bits per heavy atom. The van der Waals surface area contributed by atoms with Gasteiger partial charge in [0.1, 0.15) is 14.9 Å². The highest BCUT2D eigenvalue weighted by Crippen LogP contribution is 2.20. The average Bonchev–Trinajstić information content (AvgIpc) is 2.26. The van der Waals surface area contributed by atoms with Crippen LogP contribution in [0.2, 0.25) is 0 Å². The van der Waals surface area contributed by atoms with Gasteiger partial charge in [-0.05, 0) is 11.6 Å². The Morgan fingerprint density at radius 3 is 2.78 bits per heavy atom. The van der Waals surface area contributed by atoms with Crippen LogP contribution in [0.3, 0.4) is 0 Å². The van der Waals surface area contributed by atoms with Crippen LogP contribution in [0.25, 0.3) is 0 Å². The van der Waals surface area contributed by atoms with Gasteiger partial charge in [0, 0.05) is 30.8 Å². The molecule has 1 rings (SSSR count). The van der Waals surface area contributed by atoms with Gasteiger partial charge in [-0.25, -0.2) is 13.4 Å². The van der Waals surface area contributed by atoms with Crippen LogP contribution in [0.1, 0.15) is 19.4 Å². The van der Waals surface area contributed by atoms with Crippen molar-refractivity contribution in [2.75, 3.05) is 17.8 Å². The maximum absolute atomic E-state index is 11.1. The van der Waals surface area contributed by atoms with Crippen molar-refractivity contribution in [2.45, 2.75) is 31.5 Å². The Hall–Kier alpha value is -0.590. The Balaban J connectivity index is 2.59. The van der Waals surface area contributed by atoms with E-state index < -0.39 is 9.84 Å². The molecule has 18 heavy (non-hydrogen) atoms. The minimum atomic E-state index is -2.90. The standard InChI is InChI=1S/C12H20N2O2S2/c1-10(2)14-9-11-5-4-6-13-12(11)17-7-8-18(3,15)16/h4-6,10,14H,7-9H2,1-3H3. The summed E-state index contributed by atoms with van der Waals surface area (Å²) in [6, 6.07) is 4.34. The first-order valence-corrected chi connectivity index (χ1v) is 8.91. The highest BCUT2D eigenvalue weighted by molar-refractivity contribution is 8.00. The number of hydrogen-bond acceptors (Lipinski definition) is 5. The van der Waals surface area contributed by atoms with Crippen LogP contribution < -0.4 is 5.32 Å². The van der Waals surface area contributed by atoms with Gasteiger partial charge in [0.2, 0.25) is 0 Å². The molecule has 0 unspecified atom stereocenters. The van der Waals surface area contributed by atoms with E-state index in [1.165, 1.54) is 18.0 Å². The molecule has 0 fully saturated rings. The number of sulfone groups is 1. The Bertz CT molecular complexity index is 473. The van der Waals surface area contributed by atoms with E-state index in [-0.39, 0.29) is 5.75 Å². The zero-order chi connectivity index (χ0) is 13.6. The number of nitrogens with one attached hydrogen (secondary N) is 1. The third-order valence-electron chi connectivity index (χ3n) is 2.24. The maximum Gasteiger partial charge on any atom is 0.148 e. The van der Waals surface area contributed by atoms with Crippen LogP contribution in [0.5, 0.6) is 0 Å². The van der Waals surface area contributed by atoms with Gasteiger partial charge in [-0.2, -0.15) is 0 Å². The van der Waals surface area contributed by atoms with Crippen LogP contribution in [-0.4, -0.2) is 37.2 Å². The lowest BCUT2D eigenvalue weighted by molar-refractivity contribution is 0.582. The summed E-state index contributed by atoms with van der Waals surface area (Å²) < 4.78 is 22.2. The van der Waals surface area contributed by atoms with E-state index in [0.29, 0.717) is 11.8 Å². The van der Waals surface area contributed by atoms with E-state index in [9.17, 15) is 8.42 Å². The molecule has 0 aliphatic heterocycles. The molecule has 0 aliphatic carbocycles. The molecule has 0 atom stereocenters. The number of nitrogens with zero attached hydrogens (tertiary/aromatic N) is 1. The lowest BCUT2D eigenvalue weighted by Crippen LogP contribution is -2.22. The van der Waals surface area contributed by atoms with Crippen molar-refractivity contribution in [3.05, 3.63) is 23.9 Å². The van der Waals surface area contributed by atoms with Crippen molar-refractivity contribution < 1.29 is 8.42 Å². The van der Waals surface area contributed by atoms with Crippen LogP contribution in [0, 0.1) is 0 Å². The molecule has 0 saturated carbocycles. The minimum absolute atomic E-state index is 0.186. The highest BCUT2D eigenvalue weighted by Gasteiger charge is 2.07. The lowest BCUT2D eigenvalue weighted by atomic mass is 10.2. The molecule has 1 aromatic heterocycles. The number of rotatable bonds is 7. The first kappa shape index (κ1) is 15.5. The van der Waals surface area contributed by atoms with E-state index in [2.05, 4.69) is 24.1 Å². The van der Waals surface area contributed by atoms with Crippen molar-refractivity contribution >= 4 is 21.6 Å². The van der Waals surface area contributed by atoms with Crippen molar-refractivity contribution in [1.29, 1.82) is 0 Å². The van der Waals surface area contributed by atoms with Gasteiger partial charge in [0.25, 0.3) is 0 Å². The maximum atomic E-state index is 11.1. The van der Waals surface area contributed by atoms with Gasteiger partial charge in [0.05, 0.1) is 5.75 Å². The summed E-state index contributed by atoms with van der Waals surface area (Å²) in [6.45, 7) is 4.94. The Morgan fingerprint density at radius 2 is 2.17 bits per heavy atom. The van der Waals surface area contributed by atoms with Gasteiger partial charge in [-0.1, -0.05) is 19.9 Å². The van der Waals surface area contributed by atoms with E-state index >= 15 is 0 Å². The topological polar surface area (TPSA) is 59.1 Å². The van der Waals surface area contributed by atoms with E-state index in [0.717, 1.165) is 17.1 Å². The summed E-state index contributed by atoms with van der Waals surface area (Å²) in [5.74, 6) is 0.732. The molecule has 1 heterocycles. The molecule has 0 amide bonds. The summed E-state index contributed by atoms with van der Waals surface area (Å²) in [4.78, 5) is 4.30. The molecular formula is C12H20N2O2S2. The Kier molecular flexibility index (Phi) is 6.11. The second-order valence-corrected chi connectivity index (χ2v) is 7.82. The third-order valence-corrected chi connectivity index (χ3v) is 4.50. The number of aromatic nitrogens is 1. The molecule has 0 spiro atoms. The largest absolute Gasteiger partial charge is 0.310 e. The number of pyridine rings is 1. The number of thioether (sulfide) groups is 1. The summed E-state index contributed by atoms with van der Waals surface area (Å²) >= 11 is 1.50.